The Kier molecular flexibility index (Phi) is 5.70. The third-order valence-corrected chi connectivity index (χ3v) is 1.29. The molecule has 0 unspecified atom stereocenters. The summed E-state index contributed by atoms with van der Waals surface area (Å²) >= 11 is 0. The summed E-state index contributed by atoms with van der Waals surface area (Å²) in [4.78, 5) is 11.2. The largest absolute Gasteiger partial charge is 0.352 e. The van der Waals surface area contributed by atoms with Crippen LogP contribution in [0, 0.1) is 0 Å². The summed E-state index contributed by atoms with van der Waals surface area (Å²) in [5, 5.41) is 2.69. The van der Waals surface area contributed by atoms with Crippen LogP contribution < -0.4 is 5.32 Å². The number of amides is 1. The smallest absolute Gasteiger partial charge is 0.251 e. The Balaban J connectivity index is 4.33. The van der Waals surface area contributed by atoms with Gasteiger partial charge in [0.2, 0.25) is 0 Å². The summed E-state index contributed by atoms with van der Waals surface area (Å²) in [6.07, 6.45) is 6.96. The molecule has 0 radical (unpaired) electrons. The molecule has 2 nitrogen and oxygen atoms in total. The molecule has 0 saturated carbocycles. The molecule has 1 amide bonds. The number of likely N-dealkylation sites (N-methyl/N-ethyl adjacent to an activating group) is 1. The fourth-order valence-electron chi connectivity index (χ4n) is 0.699. The number of rotatable bonds is 4. The Morgan fingerprint density at radius 3 is 2.67 bits per heavy atom. The van der Waals surface area contributed by atoms with E-state index in [0.29, 0.717) is 12.1 Å². The molecule has 0 heterocycles. The van der Waals surface area contributed by atoms with Gasteiger partial charge in [-0.25, -0.2) is 0 Å². The summed E-state index contributed by atoms with van der Waals surface area (Å²) in [5.74, 6) is -0.0781. The first-order valence-electron chi connectivity index (χ1n) is 3.99. The maximum absolute atomic E-state index is 11.2. The number of nitrogens with one attached hydrogen (secondary N) is 1. The molecule has 12 heavy (non-hydrogen) atoms. The molecule has 0 atom stereocenters. The van der Waals surface area contributed by atoms with Crippen molar-refractivity contribution in [1.29, 1.82) is 0 Å². The second-order valence-corrected chi connectivity index (χ2v) is 2.21. The lowest BCUT2D eigenvalue weighted by Crippen LogP contribution is -2.23. The summed E-state index contributed by atoms with van der Waals surface area (Å²) in [6, 6.07) is 0. The molecular weight excluding hydrogens is 150 g/mol. The van der Waals surface area contributed by atoms with Crippen LogP contribution in [0.15, 0.2) is 36.5 Å². The van der Waals surface area contributed by atoms with E-state index in [4.69, 9.17) is 0 Å². The lowest BCUT2D eigenvalue weighted by Gasteiger charge is -2.00. The molecule has 0 bridgehead atoms. The van der Waals surface area contributed by atoms with Gasteiger partial charge >= 0.3 is 0 Å². The number of carbonyl (C=O) groups is 1. The zero-order chi connectivity index (χ0) is 9.40. The van der Waals surface area contributed by atoms with Crippen molar-refractivity contribution in [2.45, 2.75) is 13.8 Å². The van der Waals surface area contributed by atoms with Gasteiger partial charge in [-0.05, 0) is 19.9 Å². The van der Waals surface area contributed by atoms with E-state index in [0.717, 1.165) is 0 Å². The zero-order valence-corrected chi connectivity index (χ0v) is 7.63. The van der Waals surface area contributed by atoms with Gasteiger partial charge in [-0.2, -0.15) is 0 Å². The number of allylic oxidation sites excluding steroid dienone is 3. The first-order valence-corrected chi connectivity index (χ1v) is 3.99. The maximum atomic E-state index is 11.2. The Morgan fingerprint density at radius 2 is 2.25 bits per heavy atom. The number of hydrogen-bond donors (Lipinski definition) is 1. The molecule has 0 fully saturated rings. The molecule has 0 aromatic heterocycles. The van der Waals surface area contributed by atoms with Crippen molar-refractivity contribution < 1.29 is 4.79 Å². The van der Waals surface area contributed by atoms with E-state index < -0.39 is 0 Å². The molecule has 0 saturated heterocycles. The quantitative estimate of drug-likeness (QED) is 0.499. The van der Waals surface area contributed by atoms with Crippen LogP contribution in [0.3, 0.4) is 0 Å². The summed E-state index contributed by atoms with van der Waals surface area (Å²) in [6.45, 7) is 7.97. The van der Waals surface area contributed by atoms with E-state index in [1.165, 1.54) is 0 Å². The second kappa shape index (κ2) is 6.40. The lowest BCUT2D eigenvalue weighted by molar-refractivity contribution is -0.117. The van der Waals surface area contributed by atoms with Crippen molar-refractivity contribution in [3.63, 3.8) is 0 Å². The second-order valence-electron chi connectivity index (χ2n) is 2.21. The number of hydrogen-bond acceptors (Lipinski definition) is 1. The van der Waals surface area contributed by atoms with Gasteiger partial charge in [0.25, 0.3) is 5.91 Å². The van der Waals surface area contributed by atoms with E-state index in [2.05, 4.69) is 11.9 Å². The van der Waals surface area contributed by atoms with Gasteiger partial charge in [0.1, 0.15) is 0 Å². The summed E-state index contributed by atoms with van der Waals surface area (Å²) in [5.41, 5.74) is 0.593. The minimum Gasteiger partial charge on any atom is -0.352 e. The fraction of sp³-hybridized carbons (Fsp3) is 0.300. The Hall–Kier alpha value is -1.31. The highest BCUT2D eigenvalue weighted by Gasteiger charge is 2.00. The monoisotopic (exact) mass is 165 g/mol. The van der Waals surface area contributed by atoms with Crippen LogP contribution in [0.1, 0.15) is 13.8 Å². The average molecular weight is 165 g/mol. The predicted molar refractivity (Wildman–Crippen MR) is 51.8 cm³/mol. The molecule has 0 aliphatic rings. The van der Waals surface area contributed by atoms with Crippen molar-refractivity contribution in [2.24, 2.45) is 0 Å². The minimum atomic E-state index is -0.0781. The first kappa shape index (κ1) is 10.7. The van der Waals surface area contributed by atoms with Crippen LogP contribution in [0.5, 0.6) is 0 Å². The molecular formula is C10H15NO. The molecule has 0 spiro atoms. The molecule has 0 aromatic carbocycles. The van der Waals surface area contributed by atoms with Crippen LogP contribution in [-0.4, -0.2) is 12.5 Å². The highest BCUT2D eigenvalue weighted by atomic mass is 16.1. The van der Waals surface area contributed by atoms with Crippen molar-refractivity contribution in [3.8, 4) is 0 Å². The highest BCUT2D eigenvalue weighted by Crippen LogP contribution is 1.95. The third-order valence-electron chi connectivity index (χ3n) is 1.29. The predicted octanol–water partition coefficient (Wildman–Crippen LogP) is 1.81. The minimum absolute atomic E-state index is 0.0781. The van der Waals surface area contributed by atoms with Gasteiger partial charge in [0.05, 0.1) is 0 Å². The van der Waals surface area contributed by atoms with E-state index in [1.807, 2.05) is 26.0 Å². The van der Waals surface area contributed by atoms with E-state index in [1.54, 1.807) is 12.2 Å². The SMILES string of the molecule is C=C/C(=C\C=C/C)C(=O)NCC. The van der Waals surface area contributed by atoms with Crippen LogP contribution >= 0.6 is 0 Å². The van der Waals surface area contributed by atoms with Gasteiger partial charge in [-0.1, -0.05) is 24.8 Å². The molecule has 1 N–H and O–H groups in total. The average Bonchev–Trinajstić information content (AvgIpc) is 2.06. The van der Waals surface area contributed by atoms with Crippen molar-refractivity contribution in [3.05, 3.63) is 36.5 Å². The van der Waals surface area contributed by atoms with Crippen molar-refractivity contribution in [2.75, 3.05) is 6.54 Å². The normalized spacial score (nSPS) is 11.7. The van der Waals surface area contributed by atoms with Crippen LogP contribution in [-0.2, 0) is 4.79 Å². The molecule has 0 rings (SSSR count). The Bertz CT molecular complexity index is 214. The van der Waals surface area contributed by atoms with Gasteiger partial charge in [0.15, 0.2) is 0 Å². The molecule has 0 aromatic rings. The molecule has 66 valence electrons. The van der Waals surface area contributed by atoms with Gasteiger partial charge in [-0.15, -0.1) is 0 Å². The van der Waals surface area contributed by atoms with Gasteiger partial charge < -0.3 is 5.32 Å². The van der Waals surface area contributed by atoms with Gasteiger partial charge in [-0.3, -0.25) is 4.79 Å². The first-order chi connectivity index (χ1) is 5.76. The van der Waals surface area contributed by atoms with E-state index in [9.17, 15) is 4.79 Å². The Morgan fingerprint density at radius 1 is 1.58 bits per heavy atom. The van der Waals surface area contributed by atoms with Crippen molar-refractivity contribution >= 4 is 5.91 Å². The summed E-state index contributed by atoms with van der Waals surface area (Å²) < 4.78 is 0. The van der Waals surface area contributed by atoms with Gasteiger partial charge in [0, 0.05) is 12.1 Å². The molecule has 0 aliphatic heterocycles. The topological polar surface area (TPSA) is 29.1 Å². The van der Waals surface area contributed by atoms with Crippen molar-refractivity contribution in [1.82, 2.24) is 5.32 Å². The van der Waals surface area contributed by atoms with Crippen LogP contribution in [0.25, 0.3) is 0 Å². The maximum Gasteiger partial charge on any atom is 0.251 e. The van der Waals surface area contributed by atoms with Crippen LogP contribution in [0.4, 0.5) is 0 Å². The highest BCUT2D eigenvalue weighted by molar-refractivity contribution is 5.96. The molecule has 2 heteroatoms. The standard InChI is InChI=1S/C10H15NO/c1-4-7-8-9(5-2)10(12)11-6-3/h4-5,7-8H,2,6H2,1,3H3,(H,11,12)/b7-4-,9-8+. The fourth-order valence-corrected chi connectivity index (χ4v) is 0.699. The van der Waals surface area contributed by atoms with E-state index in [-0.39, 0.29) is 5.91 Å². The number of carbonyl (C=O) groups excluding carboxylic acids is 1. The van der Waals surface area contributed by atoms with Crippen LogP contribution in [0.2, 0.25) is 0 Å². The zero-order valence-electron chi connectivity index (χ0n) is 7.63. The Labute approximate surface area is 73.7 Å². The third kappa shape index (κ3) is 3.76. The van der Waals surface area contributed by atoms with E-state index >= 15 is 0 Å². The lowest BCUT2D eigenvalue weighted by atomic mass is 10.2. The summed E-state index contributed by atoms with van der Waals surface area (Å²) in [7, 11) is 0. The molecule has 0 aliphatic carbocycles.